The molecule has 0 amide bonds. The zero-order valence-electron chi connectivity index (χ0n) is 16.4. The van der Waals surface area contributed by atoms with Crippen molar-refractivity contribution in [1.82, 2.24) is 0 Å². The van der Waals surface area contributed by atoms with Crippen molar-refractivity contribution < 1.29 is 9.47 Å². The number of benzene rings is 1. The van der Waals surface area contributed by atoms with Gasteiger partial charge >= 0.3 is 0 Å². The topological polar surface area (TPSA) is 18.5 Å². The molecule has 0 heterocycles. The predicted octanol–water partition coefficient (Wildman–Crippen LogP) is 6.31. The van der Waals surface area contributed by atoms with Crippen LogP contribution in [0, 0.1) is 11.8 Å². The molecule has 0 N–H and O–H groups in total. The fourth-order valence-corrected chi connectivity index (χ4v) is 3.01. The lowest BCUT2D eigenvalue weighted by Gasteiger charge is -2.22. The van der Waals surface area contributed by atoms with Gasteiger partial charge in [-0.25, -0.2) is 0 Å². The van der Waals surface area contributed by atoms with Gasteiger partial charge in [-0.2, -0.15) is 0 Å². The minimum atomic E-state index is 0.106. The van der Waals surface area contributed by atoms with E-state index in [9.17, 15) is 0 Å². The molecule has 1 aromatic rings. The highest BCUT2D eigenvalue weighted by Crippen LogP contribution is 2.25. The van der Waals surface area contributed by atoms with E-state index < -0.39 is 0 Å². The molecule has 2 nitrogen and oxygen atoms in total. The van der Waals surface area contributed by atoms with Gasteiger partial charge in [-0.3, -0.25) is 0 Å². The number of rotatable bonds is 13. The first-order valence-electron chi connectivity index (χ1n) is 9.88. The van der Waals surface area contributed by atoms with Crippen LogP contribution in [-0.4, -0.2) is 20.3 Å². The van der Waals surface area contributed by atoms with E-state index in [-0.39, 0.29) is 12.2 Å². The van der Waals surface area contributed by atoms with Crippen LogP contribution in [0.25, 0.3) is 0 Å². The Hall–Kier alpha value is -1.30. The Morgan fingerprint density at radius 3 is 2.12 bits per heavy atom. The van der Waals surface area contributed by atoms with Gasteiger partial charge in [0.2, 0.25) is 0 Å². The summed E-state index contributed by atoms with van der Waals surface area (Å²) in [6, 6.07) is 10.4. The maximum atomic E-state index is 5.67. The van der Waals surface area contributed by atoms with E-state index in [0.717, 1.165) is 38.5 Å². The van der Waals surface area contributed by atoms with Crippen LogP contribution in [0.3, 0.4) is 0 Å². The van der Waals surface area contributed by atoms with Crippen LogP contribution in [0.15, 0.2) is 30.3 Å². The lowest BCUT2D eigenvalue weighted by atomic mass is 9.99. The molecule has 1 rings (SSSR count). The van der Waals surface area contributed by atoms with Gasteiger partial charge in [0.1, 0.15) is 0 Å². The highest BCUT2D eigenvalue weighted by molar-refractivity contribution is 5.17. The molecule has 1 aromatic carbocycles. The second-order valence-electron chi connectivity index (χ2n) is 6.64. The summed E-state index contributed by atoms with van der Waals surface area (Å²) in [5.41, 5.74) is 1.22. The Morgan fingerprint density at radius 2 is 1.52 bits per heavy atom. The van der Waals surface area contributed by atoms with E-state index in [4.69, 9.17) is 9.47 Å². The third-order valence-corrected chi connectivity index (χ3v) is 4.62. The Bertz CT molecular complexity index is 472. The second kappa shape index (κ2) is 15.0. The highest BCUT2D eigenvalue weighted by Gasteiger charge is 2.17. The normalized spacial score (nSPS) is 13.1. The van der Waals surface area contributed by atoms with E-state index in [2.05, 4.69) is 43.0 Å². The summed E-state index contributed by atoms with van der Waals surface area (Å²) in [6.07, 6.45) is 11.9. The fourth-order valence-electron chi connectivity index (χ4n) is 3.01. The first-order valence-corrected chi connectivity index (χ1v) is 9.88. The van der Waals surface area contributed by atoms with E-state index in [1.54, 1.807) is 14.2 Å². The minimum absolute atomic E-state index is 0.106. The van der Waals surface area contributed by atoms with Gasteiger partial charge in [0.15, 0.2) is 0 Å². The summed E-state index contributed by atoms with van der Waals surface area (Å²) in [7, 11) is 3.58. The van der Waals surface area contributed by atoms with Crippen molar-refractivity contribution in [3.63, 3.8) is 0 Å². The molecule has 0 spiro atoms. The molecule has 140 valence electrons. The van der Waals surface area contributed by atoms with Crippen molar-refractivity contribution in [1.29, 1.82) is 0 Å². The molecule has 0 saturated carbocycles. The van der Waals surface area contributed by atoms with Crippen LogP contribution in [0.1, 0.15) is 82.8 Å². The van der Waals surface area contributed by atoms with Crippen molar-refractivity contribution in [3.05, 3.63) is 35.9 Å². The molecule has 0 aliphatic heterocycles. The van der Waals surface area contributed by atoms with Crippen molar-refractivity contribution in [2.45, 2.75) is 83.3 Å². The molecule has 0 aromatic heterocycles. The average molecular weight is 345 g/mol. The molecule has 2 atom stereocenters. The highest BCUT2D eigenvalue weighted by atomic mass is 16.5. The van der Waals surface area contributed by atoms with Crippen molar-refractivity contribution >= 4 is 0 Å². The monoisotopic (exact) mass is 344 g/mol. The lowest BCUT2D eigenvalue weighted by Crippen LogP contribution is -2.16. The molecular weight excluding hydrogens is 308 g/mol. The Labute approximate surface area is 155 Å². The first kappa shape index (κ1) is 21.7. The molecule has 2 unspecified atom stereocenters. The maximum absolute atomic E-state index is 5.67. The number of methoxy groups -OCH3 is 2. The van der Waals surface area contributed by atoms with Gasteiger partial charge in [0.05, 0.1) is 12.2 Å². The van der Waals surface area contributed by atoms with Gasteiger partial charge in [-0.1, -0.05) is 56.5 Å². The van der Waals surface area contributed by atoms with Gasteiger partial charge in [0, 0.05) is 33.5 Å². The Balaban J connectivity index is 2.20. The maximum Gasteiger partial charge on any atom is 0.0845 e. The molecule has 0 aliphatic rings. The number of ether oxygens (including phenoxy) is 2. The number of hydrogen-bond acceptors (Lipinski definition) is 2. The molecule has 25 heavy (non-hydrogen) atoms. The van der Waals surface area contributed by atoms with Crippen LogP contribution < -0.4 is 0 Å². The zero-order chi connectivity index (χ0) is 18.2. The van der Waals surface area contributed by atoms with E-state index >= 15 is 0 Å². The summed E-state index contributed by atoms with van der Waals surface area (Å²) in [5, 5.41) is 0. The van der Waals surface area contributed by atoms with Crippen LogP contribution in [0.2, 0.25) is 0 Å². The van der Waals surface area contributed by atoms with Crippen molar-refractivity contribution in [2.75, 3.05) is 14.2 Å². The second-order valence-corrected chi connectivity index (χ2v) is 6.64. The lowest BCUT2D eigenvalue weighted by molar-refractivity contribution is 0.0170. The van der Waals surface area contributed by atoms with Crippen molar-refractivity contribution in [2.24, 2.45) is 0 Å². The SMILES string of the molecule is CCCCCCC#CCCCCC(CC(OC)c1ccccc1)OC. The molecule has 0 radical (unpaired) electrons. The van der Waals surface area contributed by atoms with Gasteiger partial charge in [-0.15, -0.1) is 11.8 Å². The first-order chi connectivity index (χ1) is 12.3. The van der Waals surface area contributed by atoms with Crippen LogP contribution in [0.5, 0.6) is 0 Å². The summed E-state index contributed by atoms with van der Waals surface area (Å²) < 4.78 is 11.3. The quantitative estimate of drug-likeness (QED) is 0.308. The van der Waals surface area contributed by atoms with Gasteiger partial charge in [0.25, 0.3) is 0 Å². The van der Waals surface area contributed by atoms with E-state index in [1.165, 1.54) is 31.2 Å². The summed E-state index contributed by atoms with van der Waals surface area (Å²) >= 11 is 0. The van der Waals surface area contributed by atoms with Gasteiger partial charge < -0.3 is 9.47 Å². The fraction of sp³-hybridized carbons (Fsp3) is 0.652. The standard InChI is InChI=1S/C23H36O2/c1-4-5-6-7-8-9-10-11-12-16-19-22(24-2)20-23(25-3)21-17-14-13-15-18-21/h13-15,17-18,22-23H,4-8,11-12,16,19-20H2,1-3H3. The zero-order valence-corrected chi connectivity index (χ0v) is 16.4. The predicted molar refractivity (Wildman–Crippen MR) is 107 cm³/mol. The molecule has 0 fully saturated rings. The third-order valence-electron chi connectivity index (χ3n) is 4.62. The largest absolute Gasteiger partial charge is 0.381 e. The van der Waals surface area contributed by atoms with Gasteiger partial charge in [-0.05, 0) is 31.2 Å². The summed E-state index contributed by atoms with van der Waals surface area (Å²) in [6.45, 7) is 2.24. The summed E-state index contributed by atoms with van der Waals surface area (Å²) in [4.78, 5) is 0. The third kappa shape index (κ3) is 10.3. The molecule has 2 heteroatoms. The molecule has 0 aliphatic carbocycles. The van der Waals surface area contributed by atoms with Crippen LogP contribution in [-0.2, 0) is 9.47 Å². The van der Waals surface area contributed by atoms with E-state index in [0.29, 0.717) is 0 Å². The Morgan fingerprint density at radius 1 is 0.840 bits per heavy atom. The summed E-state index contributed by atoms with van der Waals surface area (Å²) in [5.74, 6) is 6.62. The van der Waals surface area contributed by atoms with Crippen molar-refractivity contribution in [3.8, 4) is 11.8 Å². The molecule has 0 saturated heterocycles. The van der Waals surface area contributed by atoms with E-state index in [1.807, 2.05) is 6.07 Å². The minimum Gasteiger partial charge on any atom is -0.381 e. The van der Waals surface area contributed by atoms with Crippen LogP contribution >= 0.6 is 0 Å². The average Bonchev–Trinajstić information content (AvgIpc) is 2.66. The smallest absolute Gasteiger partial charge is 0.0845 e. The molecular formula is C23H36O2. The Kier molecular flexibility index (Phi) is 13.0. The van der Waals surface area contributed by atoms with Crippen LogP contribution in [0.4, 0.5) is 0 Å². The number of unbranched alkanes of at least 4 members (excludes halogenated alkanes) is 6. The number of hydrogen-bond donors (Lipinski definition) is 0. The molecule has 0 bridgehead atoms.